The second-order valence-corrected chi connectivity index (χ2v) is 6.30. The maximum Gasteiger partial charge on any atom is 0.123 e. The first-order valence-electron chi connectivity index (χ1n) is 6.36. The summed E-state index contributed by atoms with van der Waals surface area (Å²) in [5, 5.41) is 0.715. The van der Waals surface area contributed by atoms with Crippen molar-refractivity contribution in [3.8, 4) is 0 Å². The summed E-state index contributed by atoms with van der Waals surface area (Å²) < 4.78 is 13.3. The van der Waals surface area contributed by atoms with Gasteiger partial charge in [0.1, 0.15) is 5.82 Å². The average Bonchev–Trinajstić information content (AvgIpc) is 2.74. The normalized spacial score (nSPS) is 18.5. The molecule has 0 spiro atoms. The molecule has 1 atom stereocenters. The van der Waals surface area contributed by atoms with Crippen LogP contribution < -0.4 is 5.73 Å². The summed E-state index contributed by atoms with van der Waals surface area (Å²) >= 11 is 1.91. The number of halogens is 1. The Morgan fingerprint density at radius 3 is 2.76 bits per heavy atom. The molecular formula is C14H20FNS. The van der Waals surface area contributed by atoms with Gasteiger partial charge >= 0.3 is 0 Å². The molecular weight excluding hydrogens is 233 g/mol. The van der Waals surface area contributed by atoms with E-state index < -0.39 is 0 Å². The molecule has 3 heteroatoms. The second-order valence-electron chi connectivity index (χ2n) is 4.96. The maximum absolute atomic E-state index is 13.3. The number of nitrogens with two attached hydrogens (primary N) is 1. The quantitative estimate of drug-likeness (QED) is 0.884. The predicted molar refractivity (Wildman–Crippen MR) is 71.9 cm³/mol. The fraction of sp³-hybridized carbons (Fsp3) is 0.571. The molecule has 0 aromatic heterocycles. The SMILES string of the molecule is CC(N)Cc1cc(F)ccc1SC1CCCC1. The van der Waals surface area contributed by atoms with E-state index in [1.807, 2.05) is 24.8 Å². The van der Waals surface area contributed by atoms with Crippen molar-refractivity contribution in [2.45, 2.75) is 55.2 Å². The summed E-state index contributed by atoms with van der Waals surface area (Å²) in [5.74, 6) is -0.156. The molecule has 1 fully saturated rings. The van der Waals surface area contributed by atoms with E-state index in [2.05, 4.69) is 0 Å². The molecule has 0 bridgehead atoms. The molecule has 1 unspecified atom stereocenters. The van der Waals surface area contributed by atoms with Gasteiger partial charge in [-0.15, -0.1) is 11.8 Å². The molecule has 1 aliphatic carbocycles. The third-order valence-corrected chi connectivity index (χ3v) is 4.62. The van der Waals surface area contributed by atoms with Crippen LogP contribution in [0.15, 0.2) is 23.1 Å². The van der Waals surface area contributed by atoms with Crippen LogP contribution in [-0.2, 0) is 6.42 Å². The molecule has 0 radical (unpaired) electrons. The van der Waals surface area contributed by atoms with Crippen LogP contribution >= 0.6 is 11.8 Å². The summed E-state index contributed by atoms with van der Waals surface area (Å²) in [6.07, 6.45) is 6.01. The zero-order chi connectivity index (χ0) is 12.3. The fourth-order valence-electron chi connectivity index (χ4n) is 2.36. The standard InChI is InChI=1S/C14H20FNS/c1-10(16)8-11-9-12(15)6-7-14(11)17-13-4-2-3-5-13/h6-7,9-10,13H,2-5,8,16H2,1H3. The highest BCUT2D eigenvalue weighted by Crippen LogP contribution is 2.36. The van der Waals surface area contributed by atoms with Crippen molar-refractivity contribution >= 4 is 11.8 Å². The largest absolute Gasteiger partial charge is 0.328 e. The van der Waals surface area contributed by atoms with Crippen molar-refractivity contribution < 1.29 is 4.39 Å². The summed E-state index contributed by atoms with van der Waals surface area (Å²) in [7, 11) is 0. The molecule has 0 heterocycles. The topological polar surface area (TPSA) is 26.0 Å². The zero-order valence-corrected chi connectivity index (χ0v) is 11.1. The van der Waals surface area contributed by atoms with Gasteiger partial charge in [0, 0.05) is 16.2 Å². The number of hydrogen-bond donors (Lipinski definition) is 1. The Kier molecular flexibility index (Phi) is 4.46. The lowest BCUT2D eigenvalue weighted by Gasteiger charge is -2.14. The maximum atomic E-state index is 13.3. The number of hydrogen-bond acceptors (Lipinski definition) is 2. The van der Waals surface area contributed by atoms with Gasteiger partial charge in [0.2, 0.25) is 0 Å². The molecule has 0 amide bonds. The van der Waals surface area contributed by atoms with Crippen LogP contribution in [0.1, 0.15) is 38.2 Å². The zero-order valence-electron chi connectivity index (χ0n) is 10.3. The summed E-state index contributed by atoms with van der Waals surface area (Å²) in [4.78, 5) is 1.22. The highest BCUT2D eigenvalue weighted by atomic mass is 32.2. The summed E-state index contributed by atoms with van der Waals surface area (Å²) in [6, 6.07) is 5.19. The lowest BCUT2D eigenvalue weighted by Crippen LogP contribution is -2.18. The third kappa shape index (κ3) is 3.71. The van der Waals surface area contributed by atoms with Crippen LogP contribution in [0.3, 0.4) is 0 Å². The van der Waals surface area contributed by atoms with Crippen molar-refractivity contribution in [3.05, 3.63) is 29.6 Å². The molecule has 2 N–H and O–H groups in total. The van der Waals surface area contributed by atoms with E-state index in [0.717, 1.165) is 12.0 Å². The van der Waals surface area contributed by atoms with Crippen molar-refractivity contribution in [3.63, 3.8) is 0 Å². The van der Waals surface area contributed by atoms with Crippen molar-refractivity contribution in [2.24, 2.45) is 5.73 Å². The van der Waals surface area contributed by atoms with Crippen LogP contribution in [0, 0.1) is 5.82 Å². The smallest absolute Gasteiger partial charge is 0.123 e. The minimum Gasteiger partial charge on any atom is -0.328 e. The van der Waals surface area contributed by atoms with Crippen molar-refractivity contribution in [2.75, 3.05) is 0 Å². The Labute approximate surface area is 107 Å². The summed E-state index contributed by atoms with van der Waals surface area (Å²) in [5.41, 5.74) is 6.89. The summed E-state index contributed by atoms with van der Waals surface area (Å²) in [6.45, 7) is 1.97. The molecule has 1 aromatic rings. The minimum atomic E-state index is -0.156. The van der Waals surface area contributed by atoms with E-state index in [4.69, 9.17) is 5.73 Å². The molecule has 2 rings (SSSR count). The Hall–Kier alpha value is -0.540. The Bertz CT molecular complexity index is 372. The van der Waals surface area contributed by atoms with Gasteiger partial charge in [-0.1, -0.05) is 12.8 Å². The van der Waals surface area contributed by atoms with Crippen LogP contribution in [-0.4, -0.2) is 11.3 Å². The average molecular weight is 253 g/mol. The van der Waals surface area contributed by atoms with E-state index in [0.29, 0.717) is 5.25 Å². The third-order valence-electron chi connectivity index (χ3n) is 3.16. The highest BCUT2D eigenvalue weighted by Gasteiger charge is 2.18. The monoisotopic (exact) mass is 253 g/mol. The first-order valence-corrected chi connectivity index (χ1v) is 7.24. The van der Waals surface area contributed by atoms with Gasteiger partial charge in [-0.3, -0.25) is 0 Å². The molecule has 1 aromatic carbocycles. The Morgan fingerprint density at radius 1 is 1.41 bits per heavy atom. The van der Waals surface area contributed by atoms with E-state index in [9.17, 15) is 4.39 Å². The van der Waals surface area contributed by atoms with E-state index in [-0.39, 0.29) is 11.9 Å². The van der Waals surface area contributed by atoms with Gasteiger partial charge in [0.25, 0.3) is 0 Å². The second kappa shape index (κ2) is 5.87. The van der Waals surface area contributed by atoms with Gasteiger partial charge in [-0.2, -0.15) is 0 Å². The van der Waals surface area contributed by atoms with E-state index in [1.54, 1.807) is 12.1 Å². The molecule has 0 aliphatic heterocycles. The first kappa shape index (κ1) is 12.9. The molecule has 1 nitrogen and oxygen atoms in total. The molecule has 94 valence electrons. The van der Waals surface area contributed by atoms with Crippen molar-refractivity contribution in [1.29, 1.82) is 0 Å². The van der Waals surface area contributed by atoms with Crippen LogP contribution in [0.4, 0.5) is 4.39 Å². The number of rotatable bonds is 4. The number of benzene rings is 1. The molecule has 1 saturated carbocycles. The Morgan fingerprint density at radius 2 is 2.12 bits per heavy atom. The fourth-order valence-corrected chi connectivity index (χ4v) is 3.72. The van der Waals surface area contributed by atoms with E-state index >= 15 is 0 Å². The van der Waals surface area contributed by atoms with Gasteiger partial charge in [0.05, 0.1) is 0 Å². The van der Waals surface area contributed by atoms with Gasteiger partial charge in [-0.25, -0.2) is 4.39 Å². The van der Waals surface area contributed by atoms with Crippen molar-refractivity contribution in [1.82, 2.24) is 0 Å². The van der Waals surface area contributed by atoms with Crippen LogP contribution in [0.25, 0.3) is 0 Å². The molecule has 17 heavy (non-hydrogen) atoms. The lowest BCUT2D eigenvalue weighted by atomic mass is 10.1. The molecule has 1 aliphatic rings. The van der Waals surface area contributed by atoms with Crippen LogP contribution in [0.5, 0.6) is 0 Å². The number of thioether (sulfide) groups is 1. The van der Waals surface area contributed by atoms with Gasteiger partial charge < -0.3 is 5.73 Å². The van der Waals surface area contributed by atoms with E-state index in [1.165, 1.54) is 30.6 Å². The first-order chi connectivity index (χ1) is 8.15. The Balaban J connectivity index is 2.13. The predicted octanol–water partition coefficient (Wildman–Crippen LogP) is 3.75. The highest BCUT2D eigenvalue weighted by molar-refractivity contribution is 8.00. The molecule has 0 saturated heterocycles. The van der Waals surface area contributed by atoms with Crippen LogP contribution in [0.2, 0.25) is 0 Å². The minimum absolute atomic E-state index is 0.0831. The van der Waals surface area contributed by atoms with Gasteiger partial charge in [-0.05, 0) is 49.9 Å². The lowest BCUT2D eigenvalue weighted by molar-refractivity contribution is 0.620. The van der Waals surface area contributed by atoms with Gasteiger partial charge in [0.15, 0.2) is 0 Å².